The molecule has 0 radical (unpaired) electrons. The van der Waals surface area contributed by atoms with E-state index in [1.165, 1.54) is 6.07 Å². The molecule has 0 saturated heterocycles. The molecule has 3 N–H and O–H groups in total. The molecule has 0 bridgehead atoms. The van der Waals surface area contributed by atoms with E-state index < -0.39 is 11.8 Å². The lowest BCUT2D eigenvalue weighted by molar-refractivity contribution is 0.000128. The fraction of sp³-hybridized carbons (Fsp3) is 0.333. The molecule has 5 heteroatoms. The Morgan fingerprint density at radius 3 is 2.53 bits per heavy atom. The number of nitrogens with two attached hydrogens (primary N) is 1. The number of nitrogens with one attached hydrogen (secondary N) is 1. The monoisotopic (exact) mass is 236 g/mol. The molecule has 5 nitrogen and oxygen atoms in total. The lowest BCUT2D eigenvalue weighted by Crippen LogP contribution is -2.29. The van der Waals surface area contributed by atoms with Gasteiger partial charge in [-0.15, -0.1) is 0 Å². The number of primary amides is 1. The second-order valence-corrected chi connectivity index (χ2v) is 3.96. The number of carbonyl (C=O) groups excluding carboxylic acids is 2. The van der Waals surface area contributed by atoms with Crippen LogP contribution in [0.25, 0.3) is 0 Å². The number of amides is 2. The Morgan fingerprint density at radius 2 is 2.00 bits per heavy atom. The van der Waals surface area contributed by atoms with Crippen LogP contribution >= 0.6 is 0 Å². The van der Waals surface area contributed by atoms with E-state index in [0.717, 1.165) is 0 Å². The summed E-state index contributed by atoms with van der Waals surface area (Å²) in [7, 11) is 0. The summed E-state index contributed by atoms with van der Waals surface area (Å²) < 4.78 is 0. The largest absolute Gasteiger partial charge is 0.366 e. The Balaban J connectivity index is 3.01. The molecule has 0 heterocycles. The Morgan fingerprint density at radius 1 is 1.35 bits per heavy atom. The number of hydrogen-bond acceptors (Lipinski definition) is 3. The molecule has 1 aromatic carbocycles. The Labute approximate surface area is 99.9 Å². The topological polar surface area (TPSA) is 81.4 Å². The third-order valence-electron chi connectivity index (χ3n) is 2.15. The van der Waals surface area contributed by atoms with Crippen molar-refractivity contribution >= 4 is 11.8 Å². The van der Waals surface area contributed by atoms with Crippen molar-refractivity contribution in [2.45, 2.75) is 26.9 Å². The molecule has 1 rings (SSSR count). The molecule has 1 aromatic rings. The van der Waals surface area contributed by atoms with E-state index in [0.29, 0.717) is 5.56 Å². The highest BCUT2D eigenvalue weighted by atomic mass is 16.7. The predicted molar refractivity (Wildman–Crippen MR) is 63.4 cm³/mol. The van der Waals surface area contributed by atoms with E-state index >= 15 is 0 Å². The van der Waals surface area contributed by atoms with E-state index in [1.54, 1.807) is 32.9 Å². The smallest absolute Gasteiger partial charge is 0.275 e. The van der Waals surface area contributed by atoms with Gasteiger partial charge in [-0.05, 0) is 32.4 Å². The van der Waals surface area contributed by atoms with Gasteiger partial charge in [0.05, 0.1) is 17.2 Å². The van der Waals surface area contributed by atoms with Crippen molar-refractivity contribution in [3.63, 3.8) is 0 Å². The highest BCUT2D eigenvalue weighted by Crippen LogP contribution is 2.13. The summed E-state index contributed by atoms with van der Waals surface area (Å²) in [5, 5.41) is 0. The summed E-state index contributed by atoms with van der Waals surface area (Å²) in [6.07, 6.45) is -0.138. The number of hydrogen-bond donors (Lipinski definition) is 2. The summed E-state index contributed by atoms with van der Waals surface area (Å²) >= 11 is 0. The van der Waals surface area contributed by atoms with Crippen molar-refractivity contribution in [3.8, 4) is 0 Å². The number of benzene rings is 1. The van der Waals surface area contributed by atoms with Crippen LogP contribution in [-0.2, 0) is 4.84 Å². The maximum Gasteiger partial charge on any atom is 0.275 e. The number of hydroxylamine groups is 1. The number of rotatable bonds is 4. The molecule has 0 atom stereocenters. The van der Waals surface area contributed by atoms with Crippen LogP contribution in [0.15, 0.2) is 18.2 Å². The van der Waals surface area contributed by atoms with Crippen LogP contribution in [0.4, 0.5) is 0 Å². The molecule has 0 aliphatic rings. The van der Waals surface area contributed by atoms with E-state index in [9.17, 15) is 9.59 Å². The molecule has 2 amide bonds. The maximum atomic E-state index is 11.8. The number of aryl methyl sites for hydroxylation is 1. The fourth-order valence-corrected chi connectivity index (χ4v) is 1.41. The molecule has 0 unspecified atom stereocenters. The molecule has 0 aliphatic heterocycles. The lowest BCUT2D eigenvalue weighted by atomic mass is 10.0. The lowest BCUT2D eigenvalue weighted by Gasteiger charge is -2.11. The van der Waals surface area contributed by atoms with Gasteiger partial charge in [-0.1, -0.05) is 12.1 Å². The predicted octanol–water partition coefficient (Wildman–Crippen LogP) is 1.16. The quantitative estimate of drug-likeness (QED) is 0.770. The Hall–Kier alpha value is -1.88. The fourth-order valence-electron chi connectivity index (χ4n) is 1.41. The van der Waals surface area contributed by atoms with Gasteiger partial charge in [0.25, 0.3) is 5.91 Å². The van der Waals surface area contributed by atoms with Gasteiger partial charge in [-0.3, -0.25) is 14.4 Å². The summed E-state index contributed by atoms with van der Waals surface area (Å²) in [6.45, 7) is 5.29. The molecule has 0 aromatic heterocycles. The summed E-state index contributed by atoms with van der Waals surface area (Å²) in [5.74, 6) is -1.10. The second-order valence-electron chi connectivity index (χ2n) is 3.96. The van der Waals surface area contributed by atoms with Gasteiger partial charge in [0.15, 0.2) is 0 Å². The van der Waals surface area contributed by atoms with Gasteiger partial charge < -0.3 is 5.73 Å². The van der Waals surface area contributed by atoms with Crippen molar-refractivity contribution in [2.75, 3.05) is 0 Å². The SMILES string of the molecule is Cc1cccc(C(=O)NOC(C)C)c1C(N)=O. The minimum absolute atomic E-state index is 0.138. The Kier molecular flexibility index (Phi) is 4.23. The van der Waals surface area contributed by atoms with Gasteiger partial charge in [-0.25, -0.2) is 5.48 Å². The molecule has 0 spiro atoms. The maximum absolute atomic E-state index is 11.8. The molecule has 17 heavy (non-hydrogen) atoms. The van der Waals surface area contributed by atoms with Crippen LogP contribution in [-0.4, -0.2) is 17.9 Å². The van der Waals surface area contributed by atoms with E-state index in [-0.39, 0.29) is 17.2 Å². The molecule has 0 saturated carbocycles. The summed E-state index contributed by atoms with van der Waals surface area (Å²) in [6, 6.07) is 4.94. The van der Waals surface area contributed by atoms with Crippen molar-refractivity contribution in [2.24, 2.45) is 5.73 Å². The van der Waals surface area contributed by atoms with Crippen LogP contribution in [0.2, 0.25) is 0 Å². The van der Waals surface area contributed by atoms with Crippen molar-refractivity contribution in [3.05, 3.63) is 34.9 Å². The van der Waals surface area contributed by atoms with E-state index in [2.05, 4.69) is 5.48 Å². The van der Waals surface area contributed by atoms with Crippen molar-refractivity contribution in [1.29, 1.82) is 0 Å². The highest BCUT2D eigenvalue weighted by molar-refractivity contribution is 6.07. The second kappa shape index (κ2) is 5.45. The molecular formula is C12H16N2O3. The molecule has 0 aliphatic carbocycles. The molecular weight excluding hydrogens is 220 g/mol. The number of carbonyl (C=O) groups is 2. The first kappa shape index (κ1) is 13.2. The normalized spacial score (nSPS) is 10.4. The van der Waals surface area contributed by atoms with Gasteiger partial charge in [-0.2, -0.15) is 0 Å². The first-order chi connectivity index (χ1) is 7.93. The van der Waals surface area contributed by atoms with Crippen LogP contribution < -0.4 is 11.2 Å². The van der Waals surface area contributed by atoms with Crippen LogP contribution in [0.1, 0.15) is 40.1 Å². The zero-order valence-electron chi connectivity index (χ0n) is 10.1. The van der Waals surface area contributed by atoms with Crippen LogP contribution in [0, 0.1) is 6.92 Å². The zero-order chi connectivity index (χ0) is 13.0. The standard InChI is InChI=1S/C12H16N2O3/c1-7(2)17-14-12(16)9-6-4-5-8(3)10(9)11(13)15/h4-7H,1-3H3,(H2,13,15)(H,14,16). The van der Waals surface area contributed by atoms with Crippen molar-refractivity contribution < 1.29 is 14.4 Å². The van der Waals surface area contributed by atoms with Gasteiger partial charge in [0.2, 0.25) is 5.91 Å². The van der Waals surface area contributed by atoms with Gasteiger partial charge in [0.1, 0.15) is 0 Å². The van der Waals surface area contributed by atoms with E-state index in [4.69, 9.17) is 10.6 Å². The summed E-state index contributed by atoms with van der Waals surface area (Å²) in [4.78, 5) is 28.1. The third-order valence-corrected chi connectivity index (χ3v) is 2.15. The van der Waals surface area contributed by atoms with Crippen molar-refractivity contribution in [1.82, 2.24) is 5.48 Å². The third kappa shape index (κ3) is 3.29. The summed E-state index contributed by atoms with van der Waals surface area (Å²) in [5.41, 5.74) is 8.63. The highest BCUT2D eigenvalue weighted by Gasteiger charge is 2.17. The zero-order valence-corrected chi connectivity index (χ0v) is 10.1. The van der Waals surface area contributed by atoms with E-state index in [1.807, 2.05) is 0 Å². The van der Waals surface area contributed by atoms with Crippen LogP contribution in [0.3, 0.4) is 0 Å². The average molecular weight is 236 g/mol. The first-order valence-electron chi connectivity index (χ1n) is 5.29. The molecule has 0 fully saturated rings. The average Bonchev–Trinajstić information content (AvgIpc) is 2.24. The minimum atomic E-state index is -0.627. The molecule has 92 valence electrons. The Bertz CT molecular complexity index is 441. The minimum Gasteiger partial charge on any atom is -0.366 e. The first-order valence-corrected chi connectivity index (χ1v) is 5.29. The van der Waals surface area contributed by atoms with Gasteiger partial charge in [0, 0.05) is 0 Å². The van der Waals surface area contributed by atoms with Gasteiger partial charge >= 0.3 is 0 Å². The van der Waals surface area contributed by atoms with Crippen LogP contribution in [0.5, 0.6) is 0 Å².